The number of hydrogen-bond donors (Lipinski definition) is 1. The summed E-state index contributed by atoms with van der Waals surface area (Å²) < 4.78 is 19.6. The van der Waals surface area contributed by atoms with E-state index in [0.29, 0.717) is 6.42 Å². The van der Waals surface area contributed by atoms with Gasteiger partial charge < -0.3 is 10.1 Å². The zero-order valence-corrected chi connectivity index (χ0v) is 14.1. The van der Waals surface area contributed by atoms with E-state index in [2.05, 4.69) is 21.2 Å². The normalized spacial score (nSPS) is 12.2. The SMILES string of the molecule is CNC(Cc1ccc(Cl)c(F)c1)c1ccc(OC)c(Br)c1. The van der Waals surface area contributed by atoms with Crippen LogP contribution in [0.1, 0.15) is 17.2 Å². The highest BCUT2D eigenvalue weighted by atomic mass is 79.9. The standard InChI is InChI=1S/C16H16BrClFNO/c1-20-15(8-10-3-5-13(18)14(19)7-10)11-4-6-16(21-2)12(17)9-11/h3-7,9,15,20H,8H2,1-2H3. The van der Waals surface area contributed by atoms with Gasteiger partial charge in [0.25, 0.3) is 0 Å². The van der Waals surface area contributed by atoms with E-state index in [9.17, 15) is 4.39 Å². The van der Waals surface area contributed by atoms with Crippen molar-refractivity contribution in [2.75, 3.05) is 14.2 Å². The van der Waals surface area contributed by atoms with Crippen molar-refractivity contribution in [3.8, 4) is 5.75 Å². The van der Waals surface area contributed by atoms with Gasteiger partial charge >= 0.3 is 0 Å². The molecular formula is C16H16BrClFNO. The lowest BCUT2D eigenvalue weighted by atomic mass is 9.99. The van der Waals surface area contributed by atoms with Crippen molar-refractivity contribution in [1.29, 1.82) is 0 Å². The van der Waals surface area contributed by atoms with Crippen LogP contribution in [0.4, 0.5) is 4.39 Å². The Hall–Kier alpha value is -1.10. The summed E-state index contributed by atoms with van der Waals surface area (Å²) in [5, 5.41) is 3.39. The quantitative estimate of drug-likeness (QED) is 0.817. The molecule has 1 atom stereocenters. The molecule has 5 heteroatoms. The predicted molar refractivity (Wildman–Crippen MR) is 87.6 cm³/mol. The molecule has 0 heterocycles. The van der Waals surface area contributed by atoms with Crippen molar-refractivity contribution >= 4 is 27.5 Å². The number of methoxy groups -OCH3 is 1. The Balaban J connectivity index is 2.23. The van der Waals surface area contributed by atoms with E-state index in [1.54, 1.807) is 13.2 Å². The van der Waals surface area contributed by atoms with Gasteiger partial charge in [0.05, 0.1) is 16.6 Å². The van der Waals surface area contributed by atoms with Gasteiger partial charge in [0.2, 0.25) is 0 Å². The molecule has 1 N–H and O–H groups in total. The summed E-state index contributed by atoms with van der Waals surface area (Å²) >= 11 is 9.19. The molecule has 0 amide bonds. The smallest absolute Gasteiger partial charge is 0.142 e. The zero-order valence-electron chi connectivity index (χ0n) is 11.8. The lowest BCUT2D eigenvalue weighted by Crippen LogP contribution is -2.19. The van der Waals surface area contributed by atoms with E-state index in [1.165, 1.54) is 6.07 Å². The summed E-state index contributed by atoms with van der Waals surface area (Å²) in [4.78, 5) is 0. The highest BCUT2D eigenvalue weighted by molar-refractivity contribution is 9.10. The summed E-state index contributed by atoms with van der Waals surface area (Å²) in [6.07, 6.45) is 0.670. The highest BCUT2D eigenvalue weighted by Gasteiger charge is 2.13. The minimum absolute atomic E-state index is 0.0766. The Morgan fingerprint density at radius 1 is 1.29 bits per heavy atom. The maximum Gasteiger partial charge on any atom is 0.142 e. The monoisotopic (exact) mass is 371 g/mol. The molecule has 2 aromatic rings. The maximum atomic E-state index is 13.5. The van der Waals surface area contributed by atoms with Crippen LogP contribution in [0.25, 0.3) is 0 Å². The summed E-state index contributed by atoms with van der Waals surface area (Å²) in [6.45, 7) is 0. The first kappa shape index (κ1) is 16.3. The van der Waals surface area contributed by atoms with Crippen LogP contribution < -0.4 is 10.1 Å². The van der Waals surface area contributed by atoms with Crippen molar-refractivity contribution in [2.45, 2.75) is 12.5 Å². The number of benzene rings is 2. The number of nitrogens with one attached hydrogen (secondary N) is 1. The molecular weight excluding hydrogens is 357 g/mol. The minimum Gasteiger partial charge on any atom is -0.496 e. The van der Waals surface area contributed by atoms with Crippen LogP contribution in [0.5, 0.6) is 5.75 Å². The Labute approximate surface area is 137 Å². The maximum absolute atomic E-state index is 13.5. The molecule has 0 saturated heterocycles. The van der Waals surface area contributed by atoms with Gasteiger partial charge in [0.15, 0.2) is 0 Å². The summed E-state index contributed by atoms with van der Waals surface area (Å²) in [6, 6.07) is 10.9. The molecule has 0 saturated carbocycles. The Morgan fingerprint density at radius 2 is 2.05 bits per heavy atom. The van der Waals surface area contributed by atoms with Crippen LogP contribution in [0.2, 0.25) is 5.02 Å². The molecule has 2 aromatic carbocycles. The lowest BCUT2D eigenvalue weighted by Gasteiger charge is -2.18. The first-order valence-electron chi connectivity index (χ1n) is 6.49. The van der Waals surface area contributed by atoms with E-state index >= 15 is 0 Å². The van der Waals surface area contributed by atoms with Crippen LogP contribution in [0.3, 0.4) is 0 Å². The molecule has 2 rings (SSSR count). The second kappa shape index (κ2) is 7.25. The number of ether oxygens (including phenoxy) is 1. The van der Waals surface area contributed by atoms with Gasteiger partial charge in [-0.15, -0.1) is 0 Å². The number of likely N-dealkylation sites (N-methyl/N-ethyl adjacent to an activating group) is 1. The average Bonchev–Trinajstić information content (AvgIpc) is 2.48. The van der Waals surface area contributed by atoms with Crippen LogP contribution in [-0.2, 0) is 6.42 Å². The molecule has 0 radical (unpaired) electrons. The lowest BCUT2D eigenvalue weighted by molar-refractivity contribution is 0.411. The average molecular weight is 373 g/mol. The second-order valence-corrected chi connectivity index (χ2v) is 5.95. The fourth-order valence-electron chi connectivity index (χ4n) is 2.19. The van der Waals surface area contributed by atoms with Crippen LogP contribution in [-0.4, -0.2) is 14.2 Å². The number of rotatable bonds is 5. The molecule has 0 aliphatic heterocycles. The molecule has 2 nitrogen and oxygen atoms in total. The van der Waals surface area contributed by atoms with E-state index in [1.807, 2.05) is 31.3 Å². The van der Waals surface area contributed by atoms with Crippen molar-refractivity contribution < 1.29 is 9.13 Å². The summed E-state index contributed by atoms with van der Waals surface area (Å²) in [5.41, 5.74) is 1.99. The van der Waals surface area contributed by atoms with Crippen molar-refractivity contribution in [1.82, 2.24) is 5.32 Å². The van der Waals surface area contributed by atoms with E-state index in [-0.39, 0.29) is 16.9 Å². The van der Waals surface area contributed by atoms with Crippen LogP contribution in [0.15, 0.2) is 40.9 Å². The molecule has 0 aliphatic rings. The highest BCUT2D eigenvalue weighted by Crippen LogP contribution is 2.29. The third-order valence-electron chi connectivity index (χ3n) is 3.35. The van der Waals surface area contributed by atoms with E-state index < -0.39 is 0 Å². The van der Waals surface area contributed by atoms with Crippen molar-refractivity contribution in [3.05, 3.63) is 62.8 Å². The molecule has 0 spiro atoms. The van der Waals surface area contributed by atoms with Gasteiger partial charge in [-0.3, -0.25) is 0 Å². The molecule has 0 bridgehead atoms. The molecule has 0 fully saturated rings. The topological polar surface area (TPSA) is 21.3 Å². The number of halogens is 3. The van der Waals surface area contributed by atoms with E-state index in [4.69, 9.17) is 16.3 Å². The van der Waals surface area contributed by atoms with Gasteiger partial charge in [-0.05, 0) is 64.8 Å². The Bertz CT molecular complexity index is 636. The summed E-state index contributed by atoms with van der Waals surface area (Å²) in [5.74, 6) is 0.395. The molecule has 0 aromatic heterocycles. The second-order valence-electron chi connectivity index (χ2n) is 4.69. The van der Waals surface area contributed by atoms with Gasteiger partial charge in [-0.1, -0.05) is 23.7 Å². The van der Waals surface area contributed by atoms with Crippen LogP contribution in [0, 0.1) is 5.82 Å². The third kappa shape index (κ3) is 3.96. The summed E-state index contributed by atoms with van der Waals surface area (Å²) in [7, 11) is 3.51. The van der Waals surface area contributed by atoms with Gasteiger partial charge in [-0.2, -0.15) is 0 Å². The fourth-order valence-corrected chi connectivity index (χ4v) is 2.86. The third-order valence-corrected chi connectivity index (χ3v) is 4.28. The Morgan fingerprint density at radius 3 is 2.62 bits per heavy atom. The van der Waals surface area contributed by atoms with Gasteiger partial charge in [-0.25, -0.2) is 4.39 Å². The van der Waals surface area contributed by atoms with Gasteiger partial charge in [0.1, 0.15) is 11.6 Å². The van der Waals surface area contributed by atoms with Crippen molar-refractivity contribution in [3.63, 3.8) is 0 Å². The first-order chi connectivity index (χ1) is 10.0. The zero-order chi connectivity index (χ0) is 15.4. The molecule has 0 aliphatic carbocycles. The van der Waals surface area contributed by atoms with Crippen LogP contribution >= 0.6 is 27.5 Å². The van der Waals surface area contributed by atoms with Gasteiger partial charge in [0, 0.05) is 6.04 Å². The Kier molecular flexibility index (Phi) is 5.62. The largest absolute Gasteiger partial charge is 0.496 e. The van der Waals surface area contributed by atoms with Crippen molar-refractivity contribution in [2.24, 2.45) is 0 Å². The first-order valence-corrected chi connectivity index (χ1v) is 7.67. The molecule has 112 valence electrons. The minimum atomic E-state index is -0.389. The molecule has 21 heavy (non-hydrogen) atoms. The fraction of sp³-hybridized carbons (Fsp3) is 0.250. The van der Waals surface area contributed by atoms with E-state index in [0.717, 1.165) is 21.3 Å². The molecule has 1 unspecified atom stereocenters. The predicted octanol–water partition coefficient (Wildman–Crippen LogP) is 4.75. The number of hydrogen-bond acceptors (Lipinski definition) is 2.